The Morgan fingerprint density at radius 2 is 2.10 bits per heavy atom. The van der Waals surface area contributed by atoms with E-state index >= 15 is 0 Å². The zero-order valence-electron chi connectivity index (χ0n) is 15.7. The minimum absolute atomic E-state index is 0.141. The third-order valence-corrected chi connectivity index (χ3v) is 5.92. The highest BCUT2D eigenvalue weighted by Crippen LogP contribution is 2.35. The van der Waals surface area contributed by atoms with Gasteiger partial charge in [0, 0.05) is 27.6 Å². The highest BCUT2D eigenvalue weighted by atomic mass is 35.5. The molecule has 1 aromatic carbocycles. The molecule has 4 rings (SSSR count). The number of amides is 1. The summed E-state index contributed by atoms with van der Waals surface area (Å²) >= 11 is 8.01. The van der Waals surface area contributed by atoms with Gasteiger partial charge in [-0.15, -0.1) is 21.5 Å². The molecule has 0 aliphatic carbocycles. The van der Waals surface area contributed by atoms with Gasteiger partial charge in [0.2, 0.25) is 11.8 Å². The van der Waals surface area contributed by atoms with Crippen molar-refractivity contribution in [1.82, 2.24) is 15.1 Å². The van der Waals surface area contributed by atoms with Crippen molar-refractivity contribution in [2.45, 2.75) is 19.9 Å². The van der Waals surface area contributed by atoms with Gasteiger partial charge >= 0.3 is 0 Å². The van der Waals surface area contributed by atoms with E-state index in [1.54, 1.807) is 34.4 Å². The number of carbonyl (C=O) groups excluding carboxylic acids is 1. The smallest absolute Gasteiger partial charge is 0.283 e. The summed E-state index contributed by atoms with van der Waals surface area (Å²) in [4.78, 5) is 15.3. The zero-order chi connectivity index (χ0) is 20.2. The van der Waals surface area contributed by atoms with E-state index in [9.17, 15) is 4.79 Å². The molecule has 4 aromatic rings. The first-order valence-electron chi connectivity index (χ1n) is 9.16. The highest BCUT2D eigenvalue weighted by Gasteiger charge is 2.17. The van der Waals surface area contributed by atoms with Gasteiger partial charge in [0.05, 0.1) is 17.8 Å². The molecule has 0 aliphatic heterocycles. The summed E-state index contributed by atoms with van der Waals surface area (Å²) in [5.41, 5.74) is 0. The lowest BCUT2D eigenvalue weighted by atomic mass is 10.2. The third kappa shape index (κ3) is 4.26. The van der Waals surface area contributed by atoms with Crippen molar-refractivity contribution in [2.75, 3.05) is 6.54 Å². The van der Waals surface area contributed by atoms with E-state index in [-0.39, 0.29) is 12.5 Å². The molecule has 0 unspecified atom stereocenters. The fourth-order valence-electron chi connectivity index (χ4n) is 2.91. The van der Waals surface area contributed by atoms with E-state index in [1.165, 1.54) is 12.3 Å². The number of benzene rings is 1. The van der Waals surface area contributed by atoms with Crippen molar-refractivity contribution in [3.05, 3.63) is 64.5 Å². The first-order valence-corrected chi connectivity index (χ1v) is 10.4. The lowest BCUT2D eigenvalue weighted by Gasteiger charge is -2.18. The maximum atomic E-state index is 12.8. The number of furan rings is 1. The Kier molecular flexibility index (Phi) is 5.78. The lowest BCUT2D eigenvalue weighted by molar-refractivity contribution is -0.126. The second-order valence-electron chi connectivity index (χ2n) is 6.35. The molecule has 3 heterocycles. The monoisotopic (exact) mass is 427 g/mol. The predicted molar refractivity (Wildman–Crippen MR) is 114 cm³/mol. The van der Waals surface area contributed by atoms with Crippen LogP contribution in [0, 0.1) is 0 Å². The summed E-state index contributed by atoms with van der Waals surface area (Å²) in [7, 11) is 0. The Labute approximate surface area is 176 Å². The zero-order valence-corrected chi connectivity index (χ0v) is 17.2. The molecule has 148 valence electrons. The number of halogens is 1. The number of thiophene rings is 1. The molecule has 0 N–H and O–H groups in total. The highest BCUT2D eigenvalue weighted by molar-refractivity contribution is 7.20. The van der Waals surface area contributed by atoms with E-state index in [2.05, 4.69) is 10.2 Å². The molecule has 8 heteroatoms. The maximum absolute atomic E-state index is 12.8. The lowest BCUT2D eigenvalue weighted by Crippen LogP contribution is -2.29. The van der Waals surface area contributed by atoms with Gasteiger partial charge in [0.1, 0.15) is 0 Å². The van der Waals surface area contributed by atoms with Crippen LogP contribution < -0.4 is 0 Å². The summed E-state index contributed by atoms with van der Waals surface area (Å²) in [6, 6.07) is 11.4. The number of hydrogen-bond donors (Lipinski definition) is 0. The average molecular weight is 428 g/mol. The van der Waals surface area contributed by atoms with E-state index in [0.717, 1.165) is 21.4 Å². The fraction of sp³-hybridized carbons (Fsp3) is 0.190. The summed E-state index contributed by atoms with van der Waals surface area (Å²) in [5, 5.41) is 9.66. The molecule has 1 amide bonds. The summed E-state index contributed by atoms with van der Waals surface area (Å²) in [6.07, 6.45) is 5.65. The number of carbonyl (C=O) groups is 1. The number of nitrogens with zero attached hydrogens (tertiary/aromatic N) is 3. The van der Waals surface area contributed by atoms with E-state index in [4.69, 9.17) is 20.4 Å². The molecule has 0 bridgehead atoms. The van der Waals surface area contributed by atoms with Gasteiger partial charge in [-0.3, -0.25) is 4.79 Å². The van der Waals surface area contributed by atoms with Crippen LogP contribution in [0.3, 0.4) is 0 Å². The van der Waals surface area contributed by atoms with Gasteiger partial charge < -0.3 is 13.7 Å². The van der Waals surface area contributed by atoms with Crippen LogP contribution in [0.15, 0.2) is 57.6 Å². The summed E-state index contributed by atoms with van der Waals surface area (Å²) in [6.45, 7) is 2.81. The van der Waals surface area contributed by atoms with Crippen LogP contribution in [0.2, 0.25) is 5.02 Å². The molecule has 0 saturated heterocycles. The minimum atomic E-state index is -0.141. The summed E-state index contributed by atoms with van der Waals surface area (Å²) in [5.74, 6) is 1.00. The van der Waals surface area contributed by atoms with Crippen LogP contribution in [0.5, 0.6) is 0 Å². The SMILES string of the molecule is CCCN(Cc1nnc(-c2ccco2)o1)C(=O)/C=C/c1sc2ccccc2c1Cl. The van der Waals surface area contributed by atoms with Crippen LogP contribution in [0.25, 0.3) is 27.8 Å². The van der Waals surface area contributed by atoms with Crippen LogP contribution in [0.4, 0.5) is 0 Å². The van der Waals surface area contributed by atoms with E-state index < -0.39 is 0 Å². The van der Waals surface area contributed by atoms with Crippen molar-refractivity contribution in [2.24, 2.45) is 0 Å². The molecule has 6 nitrogen and oxygen atoms in total. The van der Waals surface area contributed by atoms with Gasteiger partial charge in [0.25, 0.3) is 5.89 Å². The Morgan fingerprint density at radius 1 is 1.24 bits per heavy atom. The Morgan fingerprint density at radius 3 is 2.86 bits per heavy atom. The second-order valence-corrected chi connectivity index (χ2v) is 7.81. The number of aromatic nitrogens is 2. The molecule has 0 radical (unpaired) electrons. The maximum Gasteiger partial charge on any atom is 0.283 e. The van der Waals surface area contributed by atoms with Crippen LogP contribution in [-0.4, -0.2) is 27.5 Å². The van der Waals surface area contributed by atoms with Crippen LogP contribution in [0.1, 0.15) is 24.1 Å². The van der Waals surface area contributed by atoms with Crippen molar-refractivity contribution < 1.29 is 13.6 Å². The first-order chi connectivity index (χ1) is 14.2. The van der Waals surface area contributed by atoms with Crippen molar-refractivity contribution in [3.63, 3.8) is 0 Å². The Bertz CT molecular complexity index is 1150. The minimum Gasteiger partial charge on any atom is -0.459 e. The van der Waals surface area contributed by atoms with E-state index in [1.807, 2.05) is 31.2 Å². The molecule has 3 aromatic heterocycles. The molecule has 0 spiro atoms. The van der Waals surface area contributed by atoms with Gasteiger partial charge in [-0.2, -0.15) is 0 Å². The standard InChI is InChI=1S/C21H18ClN3O3S/c1-2-11-25(13-18-23-24-21(28-18)15-7-5-12-27-15)19(26)10-9-17-20(22)14-6-3-4-8-16(14)29-17/h3-10,12H,2,11,13H2,1H3/b10-9+. The number of hydrogen-bond acceptors (Lipinski definition) is 6. The quantitative estimate of drug-likeness (QED) is 0.356. The molecule has 0 fully saturated rings. The topological polar surface area (TPSA) is 72.4 Å². The molecular formula is C21H18ClN3O3S. The second kappa shape index (κ2) is 8.63. The fourth-order valence-corrected chi connectivity index (χ4v) is 4.31. The molecule has 0 saturated carbocycles. The van der Waals surface area contributed by atoms with Crippen molar-refractivity contribution in [1.29, 1.82) is 0 Å². The molecule has 29 heavy (non-hydrogen) atoms. The van der Waals surface area contributed by atoms with Gasteiger partial charge in [-0.05, 0) is 30.7 Å². The first kappa shape index (κ1) is 19.4. The Balaban J connectivity index is 1.49. The summed E-state index contributed by atoms with van der Waals surface area (Å²) < 4.78 is 12.0. The van der Waals surface area contributed by atoms with Crippen molar-refractivity contribution in [3.8, 4) is 11.7 Å². The van der Waals surface area contributed by atoms with Gasteiger partial charge in [-0.1, -0.05) is 36.7 Å². The third-order valence-electron chi connectivity index (χ3n) is 4.27. The average Bonchev–Trinajstić information content (AvgIpc) is 3.47. The van der Waals surface area contributed by atoms with Crippen LogP contribution >= 0.6 is 22.9 Å². The van der Waals surface area contributed by atoms with Gasteiger partial charge in [-0.25, -0.2) is 0 Å². The van der Waals surface area contributed by atoms with E-state index in [0.29, 0.717) is 29.1 Å². The largest absolute Gasteiger partial charge is 0.459 e. The normalized spacial score (nSPS) is 11.5. The molecular weight excluding hydrogens is 410 g/mol. The van der Waals surface area contributed by atoms with Crippen LogP contribution in [-0.2, 0) is 11.3 Å². The number of fused-ring (bicyclic) bond motifs is 1. The van der Waals surface area contributed by atoms with Crippen molar-refractivity contribution >= 4 is 45.0 Å². The Hall–Kier alpha value is -2.90. The van der Waals surface area contributed by atoms with Gasteiger partial charge in [0.15, 0.2) is 5.76 Å². The predicted octanol–water partition coefficient (Wildman–Crippen LogP) is 5.65. The molecule has 0 atom stereocenters. The molecule has 0 aliphatic rings. The number of rotatable bonds is 7.